The number of nitrogens with one attached hydrogen (secondary N) is 1. The molecular weight excluding hydrogens is 208 g/mol. The normalized spacial score (nSPS) is 44.8. The Balaban J connectivity index is 1.56. The highest BCUT2D eigenvalue weighted by atomic mass is 15.2. The van der Waals surface area contributed by atoms with Crippen molar-refractivity contribution in [2.24, 2.45) is 11.3 Å². The maximum Gasteiger partial charge on any atom is 0.0226 e. The molecule has 2 atom stereocenters. The maximum absolute atomic E-state index is 4.00. The zero-order chi connectivity index (χ0) is 11.9. The summed E-state index contributed by atoms with van der Waals surface area (Å²) >= 11 is 0. The molecule has 2 nitrogen and oxygen atoms in total. The van der Waals surface area contributed by atoms with E-state index in [2.05, 4.69) is 24.1 Å². The van der Waals surface area contributed by atoms with Crippen molar-refractivity contribution in [3.63, 3.8) is 0 Å². The fraction of sp³-hybridized carbons (Fsp3) is 1.00. The first kappa shape index (κ1) is 12.0. The van der Waals surface area contributed by atoms with Gasteiger partial charge in [0.05, 0.1) is 0 Å². The molecule has 4 aliphatic rings. The van der Waals surface area contributed by atoms with Crippen LogP contribution in [0.15, 0.2) is 0 Å². The molecular formula is C15H28N2. The molecule has 1 aliphatic carbocycles. The molecule has 0 radical (unpaired) electrons. The first-order chi connectivity index (χ1) is 8.12. The highest BCUT2D eigenvalue weighted by Gasteiger charge is 2.36. The Bertz CT molecular complexity index is 266. The molecule has 3 aliphatic heterocycles. The van der Waals surface area contributed by atoms with E-state index in [-0.39, 0.29) is 0 Å². The lowest BCUT2D eigenvalue weighted by atomic mass is 9.74. The fourth-order valence-corrected chi connectivity index (χ4v) is 4.30. The maximum atomic E-state index is 4.00. The van der Waals surface area contributed by atoms with E-state index in [0.29, 0.717) is 5.41 Å². The molecule has 0 spiro atoms. The predicted molar refractivity (Wildman–Crippen MR) is 72.1 cm³/mol. The van der Waals surface area contributed by atoms with Crippen molar-refractivity contribution < 1.29 is 0 Å². The van der Waals surface area contributed by atoms with Crippen molar-refractivity contribution in [3.05, 3.63) is 0 Å². The van der Waals surface area contributed by atoms with Crippen LogP contribution in [0, 0.1) is 11.3 Å². The Hall–Kier alpha value is -0.0800. The lowest BCUT2D eigenvalue weighted by Crippen LogP contribution is -2.58. The molecule has 4 rings (SSSR count). The molecule has 0 aromatic rings. The first-order valence-electron chi connectivity index (χ1n) is 7.61. The largest absolute Gasteiger partial charge is 0.310 e. The minimum atomic E-state index is 0.573. The summed E-state index contributed by atoms with van der Waals surface area (Å²) in [6, 6.07) is 1.60. The number of hydrogen-bond acceptors (Lipinski definition) is 2. The highest BCUT2D eigenvalue weighted by molar-refractivity contribution is 4.94. The van der Waals surface area contributed by atoms with Gasteiger partial charge in [0, 0.05) is 18.6 Å². The van der Waals surface area contributed by atoms with E-state index in [9.17, 15) is 0 Å². The monoisotopic (exact) mass is 236 g/mol. The minimum Gasteiger partial charge on any atom is -0.310 e. The summed E-state index contributed by atoms with van der Waals surface area (Å²) in [6.07, 6.45) is 8.52. The van der Waals surface area contributed by atoms with Crippen LogP contribution in [0.5, 0.6) is 0 Å². The van der Waals surface area contributed by atoms with E-state index < -0.39 is 0 Å². The number of fused-ring (bicyclic) bond motifs is 3. The molecule has 2 unspecified atom stereocenters. The van der Waals surface area contributed by atoms with Crippen molar-refractivity contribution in [3.8, 4) is 0 Å². The zero-order valence-electron chi connectivity index (χ0n) is 11.5. The SMILES string of the molecule is CC1(C)CCCC(NC2CN3CCC2CC3)C1. The van der Waals surface area contributed by atoms with Crippen LogP contribution < -0.4 is 5.32 Å². The zero-order valence-corrected chi connectivity index (χ0v) is 11.5. The van der Waals surface area contributed by atoms with Gasteiger partial charge in [-0.3, -0.25) is 0 Å². The molecule has 1 saturated carbocycles. The summed E-state index contributed by atoms with van der Waals surface area (Å²) < 4.78 is 0. The summed E-state index contributed by atoms with van der Waals surface area (Å²) in [7, 11) is 0. The van der Waals surface area contributed by atoms with Crippen LogP contribution in [0.1, 0.15) is 52.4 Å². The predicted octanol–water partition coefficient (Wildman–Crippen LogP) is 2.64. The van der Waals surface area contributed by atoms with Gasteiger partial charge in [-0.25, -0.2) is 0 Å². The molecule has 0 aromatic carbocycles. The quantitative estimate of drug-likeness (QED) is 0.793. The van der Waals surface area contributed by atoms with Gasteiger partial charge in [0.15, 0.2) is 0 Å². The third kappa shape index (κ3) is 2.68. The lowest BCUT2D eigenvalue weighted by Gasteiger charge is -2.47. The van der Waals surface area contributed by atoms with E-state index in [1.807, 2.05) is 0 Å². The van der Waals surface area contributed by atoms with E-state index in [1.54, 1.807) is 0 Å². The standard InChI is InChI=1S/C15H28N2/c1-15(2)7-3-4-13(10-15)16-14-11-17-8-5-12(14)6-9-17/h12-14,16H,3-11H2,1-2H3. The van der Waals surface area contributed by atoms with Crippen LogP contribution in [0.4, 0.5) is 0 Å². The van der Waals surface area contributed by atoms with Crippen molar-refractivity contribution in [1.82, 2.24) is 10.2 Å². The van der Waals surface area contributed by atoms with Gasteiger partial charge in [0.2, 0.25) is 0 Å². The van der Waals surface area contributed by atoms with E-state index in [1.165, 1.54) is 58.2 Å². The third-order valence-corrected chi connectivity index (χ3v) is 5.31. The molecule has 2 bridgehead atoms. The summed E-state index contributed by atoms with van der Waals surface area (Å²) in [5.74, 6) is 0.977. The molecule has 1 N–H and O–H groups in total. The summed E-state index contributed by atoms with van der Waals surface area (Å²) in [6.45, 7) is 8.92. The lowest BCUT2D eigenvalue weighted by molar-refractivity contribution is 0.0576. The molecule has 3 heterocycles. The molecule has 4 fully saturated rings. The van der Waals surface area contributed by atoms with Crippen LogP contribution in [0.25, 0.3) is 0 Å². The van der Waals surface area contributed by atoms with Crippen molar-refractivity contribution >= 4 is 0 Å². The Morgan fingerprint density at radius 1 is 1.12 bits per heavy atom. The Labute approximate surface area is 106 Å². The van der Waals surface area contributed by atoms with Crippen molar-refractivity contribution in [2.45, 2.75) is 64.5 Å². The second-order valence-corrected chi connectivity index (χ2v) is 7.37. The number of hydrogen-bond donors (Lipinski definition) is 1. The Kier molecular flexibility index (Phi) is 3.20. The number of rotatable bonds is 2. The van der Waals surface area contributed by atoms with Gasteiger partial charge in [0.1, 0.15) is 0 Å². The first-order valence-corrected chi connectivity index (χ1v) is 7.61. The van der Waals surface area contributed by atoms with Crippen LogP contribution in [-0.4, -0.2) is 36.6 Å². The topological polar surface area (TPSA) is 15.3 Å². The Morgan fingerprint density at radius 2 is 1.88 bits per heavy atom. The average Bonchev–Trinajstić information content (AvgIpc) is 2.29. The van der Waals surface area contributed by atoms with Gasteiger partial charge in [-0.15, -0.1) is 0 Å². The van der Waals surface area contributed by atoms with Gasteiger partial charge in [0.25, 0.3) is 0 Å². The fourth-order valence-electron chi connectivity index (χ4n) is 4.30. The molecule has 98 valence electrons. The molecule has 2 heteroatoms. The second kappa shape index (κ2) is 4.55. The highest BCUT2D eigenvalue weighted by Crippen LogP contribution is 2.36. The second-order valence-electron chi connectivity index (χ2n) is 7.37. The van der Waals surface area contributed by atoms with Crippen molar-refractivity contribution in [2.75, 3.05) is 19.6 Å². The van der Waals surface area contributed by atoms with E-state index in [0.717, 1.165) is 18.0 Å². The summed E-state index contributed by atoms with van der Waals surface area (Å²) in [4.78, 5) is 2.66. The Morgan fingerprint density at radius 3 is 2.47 bits per heavy atom. The summed E-state index contributed by atoms with van der Waals surface area (Å²) in [5.41, 5.74) is 0.573. The van der Waals surface area contributed by atoms with E-state index >= 15 is 0 Å². The van der Waals surface area contributed by atoms with Gasteiger partial charge in [-0.2, -0.15) is 0 Å². The number of nitrogens with zero attached hydrogens (tertiary/aromatic N) is 1. The van der Waals surface area contributed by atoms with Gasteiger partial charge in [-0.05, 0) is 56.5 Å². The smallest absolute Gasteiger partial charge is 0.0226 e. The van der Waals surface area contributed by atoms with Crippen molar-refractivity contribution in [1.29, 1.82) is 0 Å². The van der Waals surface area contributed by atoms with Gasteiger partial charge >= 0.3 is 0 Å². The van der Waals surface area contributed by atoms with Crippen LogP contribution in [-0.2, 0) is 0 Å². The molecule has 3 saturated heterocycles. The molecule has 0 amide bonds. The van der Waals surface area contributed by atoms with Crippen LogP contribution in [0.3, 0.4) is 0 Å². The van der Waals surface area contributed by atoms with Gasteiger partial charge < -0.3 is 10.2 Å². The molecule has 17 heavy (non-hydrogen) atoms. The van der Waals surface area contributed by atoms with E-state index in [4.69, 9.17) is 0 Å². The van der Waals surface area contributed by atoms with Crippen LogP contribution in [0.2, 0.25) is 0 Å². The summed E-state index contributed by atoms with van der Waals surface area (Å²) in [5, 5.41) is 4.00. The van der Waals surface area contributed by atoms with Gasteiger partial charge in [-0.1, -0.05) is 20.3 Å². The minimum absolute atomic E-state index is 0.573. The molecule has 0 aromatic heterocycles. The number of piperidine rings is 3. The third-order valence-electron chi connectivity index (χ3n) is 5.31. The van der Waals surface area contributed by atoms with Crippen LogP contribution >= 0.6 is 0 Å². The average molecular weight is 236 g/mol.